The molecular weight excluding hydrogens is 394 g/mol. The van der Waals surface area contributed by atoms with E-state index in [-0.39, 0.29) is 18.7 Å². The summed E-state index contributed by atoms with van der Waals surface area (Å²) < 4.78 is 33.5. The molecule has 0 unspecified atom stereocenters. The molecule has 30 heavy (non-hydrogen) atoms. The SMILES string of the molecule is Cc1ccc(N(CCC#N)C(=O)COC(=O)/C=C/c2ccc(OC(F)F)cc2)cc1. The molecule has 2 aromatic carbocycles. The summed E-state index contributed by atoms with van der Waals surface area (Å²) in [7, 11) is 0. The zero-order chi connectivity index (χ0) is 21.9. The fourth-order valence-corrected chi connectivity index (χ4v) is 2.47. The Morgan fingerprint density at radius 2 is 1.80 bits per heavy atom. The first kappa shape index (κ1) is 22.6. The molecule has 0 saturated heterocycles. The number of anilines is 1. The number of nitrogens with zero attached hydrogens (tertiary/aromatic N) is 2. The molecule has 0 aliphatic rings. The van der Waals surface area contributed by atoms with E-state index in [4.69, 9.17) is 10.00 Å². The second kappa shape index (κ2) is 11.3. The molecular formula is C22H20F2N2O4. The summed E-state index contributed by atoms with van der Waals surface area (Å²) in [6, 6.07) is 14.9. The number of hydrogen-bond donors (Lipinski definition) is 0. The highest BCUT2D eigenvalue weighted by Crippen LogP contribution is 2.17. The van der Waals surface area contributed by atoms with Gasteiger partial charge in [0, 0.05) is 18.3 Å². The van der Waals surface area contributed by atoms with Gasteiger partial charge in [-0.1, -0.05) is 29.8 Å². The number of nitriles is 1. The Morgan fingerprint density at radius 1 is 1.13 bits per heavy atom. The van der Waals surface area contributed by atoms with Gasteiger partial charge in [-0.2, -0.15) is 14.0 Å². The molecule has 0 radical (unpaired) electrons. The number of carbonyl (C=O) groups is 2. The zero-order valence-corrected chi connectivity index (χ0v) is 16.3. The number of aryl methyl sites for hydroxylation is 1. The number of halogens is 2. The van der Waals surface area contributed by atoms with E-state index in [0.29, 0.717) is 11.3 Å². The first-order chi connectivity index (χ1) is 14.4. The largest absolute Gasteiger partial charge is 0.452 e. The Balaban J connectivity index is 1.92. The summed E-state index contributed by atoms with van der Waals surface area (Å²) in [6.45, 7) is -1.30. The van der Waals surface area contributed by atoms with Crippen LogP contribution in [-0.4, -0.2) is 31.6 Å². The predicted molar refractivity (Wildman–Crippen MR) is 107 cm³/mol. The van der Waals surface area contributed by atoms with Crippen LogP contribution in [0.2, 0.25) is 0 Å². The summed E-state index contributed by atoms with van der Waals surface area (Å²) in [5, 5.41) is 8.82. The third-order valence-electron chi connectivity index (χ3n) is 3.95. The molecule has 2 aromatic rings. The molecule has 156 valence electrons. The normalized spacial score (nSPS) is 10.6. The quantitative estimate of drug-likeness (QED) is 0.456. The maximum absolute atomic E-state index is 12.5. The average molecular weight is 414 g/mol. The number of ether oxygens (including phenoxy) is 2. The summed E-state index contributed by atoms with van der Waals surface area (Å²) in [5.74, 6) is -1.19. The van der Waals surface area contributed by atoms with Crippen LogP contribution in [0.5, 0.6) is 5.75 Å². The van der Waals surface area contributed by atoms with Crippen molar-refractivity contribution in [2.75, 3.05) is 18.1 Å². The number of amides is 1. The van der Waals surface area contributed by atoms with Crippen LogP contribution in [0.3, 0.4) is 0 Å². The monoisotopic (exact) mass is 414 g/mol. The molecule has 2 rings (SSSR count). The third kappa shape index (κ3) is 7.36. The minimum Gasteiger partial charge on any atom is -0.452 e. The van der Waals surface area contributed by atoms with Crippen LogP contribution in [0.15, 0.2) is 54.6 Å². The first-order valence-electron chi connectivity index (χ1n) is 9.02. The van der Waals surface area contributed by atoms with E-state index in [1.807, 2.05) is 25.1 Å². The highest BCUT2D eigenvalue weighted by molar-refractivity contribution is 5.96. The van der Waals surface area contributed by atoms with Gasteiger partial charge in [0.2, 0.25) is 0 Å². The van der Waals surface area contributed by atoms with Gasteiger partial charge in [-0.25, -0.2) is 4.79 Å². The van der Waals surface area contributed by atoms with Crippen molar-refractivity contribution < 1.29 is 27.8 Å². The van der Waals surface area contributed by atoms with Crippen molar-refractivity contribution >= 4 is 23.6 Å². The zero-order valence-electron chi connectivity index (χ0n) is 16.3. The van der Waals surface area contributed by atoms with Gasteiger partial charge < -0.3 is 14.4 Å². The van der Waals surface area contributed by atoms with Crippen LogP contribution < -0.4 is 9.64 Å². The molecule has 6 nitrogen and oxygen atoms in total. The molecule has 1 amide bonds. The van der Waals surface area contributed by atoms with E-state index in [0.717, 1.165) is 11.6 Å². The van der Waals surface area contributed by atoms with Crippen LogP contribution in [0.1, 0.15) is 17.5 Å². The summed E-state index contributed by atoms with van der Waals surface area (Å²) in [6.07, 6.45) is 2.69. The Bertz CT molecular complexity index is 920. The summed E-state index contributed by atoms with van der Waals surface area (Å²) >= 11 is 0. The number of carbonyl (C=O) groups excluding carboxylic acids is 2. The van der Waals surface area contributed by atoms with Gasteiger partial charge in [0.1, 0.15) is 5.75 Å². The molecule has 0 aliphatic carbocycles. The van der Waals surface area contributed by atoms with Gasteiger partial charge in [0.05, 0.1) is 12.5 Å². The molecule has 0 saturated carbocycles. The Kier molecular flexibility index (Phi) is 8.51. The lowest BCUT2D eigenvalue weighted by Crippen LogP contribution is -2.35. The fourth-order valence-electron chi connectivity index (χ4n) is 2.47. The van der Waals surface area contributed by atoms with E-state index in [1.165, 1.54) is 35.2 Å². The van der Waals surface area contributed by atoms with Gasteiger partial charge >= 0.3 is 12.6 Å². The van der Waals surface area contributed by atoms with Gasteiger partial charge in [0.15, 0.2) is 6.61 Å². The second-order valence-electron chi connectivity index (χ2n) is 6.18. The van der Waals surface area contributed by atoms with Crippen molar-refractivity contribution in [2.45, 2.75) is 20.0 Å². The minimum absolute atomic E-state index is 0.00360. The van der Waals surface area contributed by atoms with Crippen LogP contribution in [0, 0.1) is 18.3 Å². The van der Waals surface area contributed by atoms with Crippen molar-refractivity contribution in [3.05, 3.63) is 65.7 Å². The second-order valence-corrected chi connectivity index (χ2v) is 6.18. The maximum Gasteiger partial charge on any atom is 0.387 e. The average Bonchev–Trinajstić information content (AvgIpc) is 2.72. The van der Waals surface area contributed by atoms with Gasteiger partial charge in [-0.05, 0) is 42.8 Å². The Hall–Kier alpha value is -3.73. The number of rotatable bonds is 9. The summed E-state index contributed by atoms with van der Waals surface area (Å²) in [5.41, 5.74) is 2.20. The number of hydrogen-bond acceptors (Lipinski definition) is 5. The third-order valence-corrected chi connectivity index (χ3v) is 3.95. The minimum atomic E-state index is -2.91. The lowest BCUT2D eigenvalue weighted by Gasteiger charge is -2.21. The van der Waals surface area contributed by atoms with Gasteiger partial charge in [0.25, 0.3) is 5.91 Å². The predicted octanol–water partition coefficient (Wildman–Crippen LogP) is 4.10. The Morgan fingerprint density at radius 3 is 2.40 bits per heavy atom. The van der Waals surface area contributed by atoms with Gasteiger partial charge in [-0.3, -0.25) is 4.79 Å². The van der Waals surface area contributed by atoms with Crippen LogP contribution in [-0.2, 0) is 14.3 Å². The van der Waals surface area contributed by atoms with Crippen molar-refractivity contribution in [3.8, 4) is 11.8 Å². The van der Waals surface area contributed by atoms with E-state index in [9.17, 15) is 18.4 Å². The van der Waals surface area contributed by atoms with Crippen LogP contribution >= 0.6 is 0 Å². The molecule has 0 heterocycles. The van der Waals surface area contributed by atoms with E-state index in [2.05, 4.69) is 4.74 Å². The molecule has 0 aromatic heterocycles. The van der Waals surface area contributed by atoms with E-state index < -0.39 is 25.1 Å². The van der Waals surface area contributed by atoms with Crippen LogP contribution in [0.4, 0.5) is 14.5 Å². The number of alkyl halides is 2. The molecule has 0 fully saturated rings. The topological polar surface area (TPSA) is 79.6 Å². The van der Waals surface area contributed by atoms with Crippen molar-refractivity contribution in [1.29, 1.82) is 5.26 Å². The van der Waals surface area contributed by atoms with Crippen molar-refractivity contribution in [1.82, 2.24) is 0 Å². The molecule has 0 atom stereocenters. The van der Waals surface area contributed by atoms with Gasteiger partial charge in [-0.15, -0.1) is 0 Å². The van der Waals surface area contributed by atoms with E-state index in [1.54, 1.807) is 12.1 Å². The highest BCUT2D eigenvalue weighted by Gasteiger charge is 2.17. The van der Waals surface area contributed by atoms with Crippen molar-refractivity contribution in [2.24, 2.45) is 0 Å². The molecule has 0 N–H and O–H groups in total. The Labute approximate surface area is 172 Å². The number of benzene rings is 2. The molecule has 8 heteroatoms. The standard InChI is InChI=1S/C22H20F2N2O4/c1-16-3-8-18(9-4-16)26(14-2-13-25)20(27)15-29-21(28)12-7-17-5-10-19(11-6-17)30-22(23)24/h3-12,22H,2,14-15H2,1H3/b12-7+. The maximum atomic E-state index is 12.5. The molecule has 0 aliphatic heterocycles. The highest BCUT2D eigenvalue weighted by atomic mass is 19.3. The fraction of sp³-hybridized carbons (Fsp3) is 0.227. The first-order valence-corrected chi connectivity index (χ1v) is 9.02. The van der Waals surface area contributed by atoms with Crippen LogP contribution in [0.25, 0.3) is 6.08 Å². The number of esters is 1. The smallest absolute Gasteiger partial charge is 0.387 e. The molecule has 0 bridgehead atoms. The lowest BCUT2D eigenvalue weighted by molar-refractivity contribution is -0.142. The van der Waals surface area contributed by atoms with E-state index >= 15 is 0 Å². The lowest BCUT2D eigenvalue weighted by atomic mass is 10.2. The van der Waals surface area contributed by atoms with Crippen molar-refractivity contribution in [3.63, 3.8) is 0 Å². The molecule has 0 spiro atoms. The summed E-state index contributed by atoms with van der Waals surface area (Å²) in [4.78, 5) is 25.8.